The number of aliphatic hydroxyl groups excluding tert-OH is 1. The molecule has 0 radical (unpaired) electrons. The third-order valence-corrected chi connectivity index (χ3v) is 4.57. The standard InChI is InChI=1S/C18H29NO2.ClH/c1-4-16-8-10-18(11-9-16)21-13-17(20)12-19-14(2)6-5-7-15(19)3;/h8-11,14-15,17,20H,4-7,12-13H2,1-3H3;1H. The lowest BCUT2D eigenvalue weighted by molar-refractivity contribution is 0.0209. The number of hydrogen-bond donors (Lipinski definition) is 1. The van der Waals surface area contributed by atoms with Gasteiger partial charge in [0, 0.05) is 18.6 Å². The van der Waals surface area contributed by atoms with E-state index >= 15 is 0 Å². The normalized spacial score (nSPS) is 23.6. The highest BCUT2D eigenvalue weighted by atomic mass is 35.5. The van der Waals surface area contributed by atoms with Crippen molar-refractivity contribution in [1.82, 2.24) is 4.90 Å². The summed E-state index contributed by atoms with van der Waals surface area (Å²) in [6, 6.07) is 9.25. The van der Waals surface area contributed by atoms with Crippen LogP contribution in [0.5, 0.6) is 5.75 Å². The van der Waals surface area contributed by atoms with Gasteiger partial charge in [0.15, 0.2) is 0 Å². The Morgan fingerprint density at radius 3 is 2.32 bits per heavy atom. The Bertz CT molecular complexity index is 414. The van der Waals surface area contributed by atoms with E-state index in [0.717, 1.165) is 12.2 Å². The second kappa shape index (κ2) is 9.39. The topological polar surface area (TPSA) is 32.7 Å². The number of β-amino-alcohol motifs (C(OH)–C–C–N with tert-alkyl or cyclic N) is 1. The molecule has 1 aliphatic heterocycles. The molecule has 2 rings (SSSR count). The monoisotopic (exact) mass is 327 g/mol. The lowest BCUT2D eigenvalue weighted by Gasteiger charge is -2.40. The Hall–Kier alpha value is -0.770. The number of rotatable bonds is 6. The zero-order chi connectivity index (χ0) is 15.2. The minimum atomic E-state index is -0.432. The summed E-state index contributed by atoms with van der Waals surface area (Å²) < 4.78 is 5.70. The fourth-order valence-corrected chi connectivity index (χ4v) is 3.14. The second-order valence-corrected chi connectivity index (χ2v) is 6.29. The quantitative estimate of drug-likeness (QED) is 0.865. The number of piperidine rings is 1. The van der Waals surface area contributed by atoms with Gasteiger partial charge in [-0.25, -0.2) is 0 Å². The molecule has 0 spiro atoms. The van der Waals surface area contributed by atoms with Crippen LogP contribution in [0.1, 0.15) is 45.6 Å². The van der Waals surface area contributed by atoms with E-state index < -0.39 is 6.10 Å². The van der Waals surface area contributed by atoms with Crippen LogP contribution in [-0.2, 0) is 6.42 Å². The number of aryl methyl sites for hydroxylation is 1. The molecule has 1 aromatic carbocycles. The Balaban J connectivity index is 0.00000242. The first-order valence-electron chi connectivity index (χ1n) is 8.25. The molecule has 22 heavy (non-hydrogen) atoms. The molecule has 1 heterocycles. The molecule has 1 N–H and O–H groups in total. The molecule has 3 unspecified atom stereocenters. The van der Waals surface area contributed by atoms with Crippen molar-refractivity contribution in [3.05, 3.63) is 29.8 Å². The van der Waals surface area contributed by atoms with Gasteiger partial charge in [-0.1, -0.05) is 25.5 Å². The molecule has 1 aliphatic rings. The van der Waals surface area contributed by atoms with E-state index in [1.54, 1.807) is 0 Å². The highest BCUT2D eigenvalue weighted by molar-refractivity contribution is 5.85. The first-order valence-corrected chi connectivity index (χ1v) is 8.25. The third kappa shape index (κ3) is 5.45. The maximum atomic E-state index is 10.2. The van der Waals surface area contributed by atoms with Crippen molar-refractivity contribution < 1.29 is 9.84 Å². The van der Waals surface area contributed by atoms with Crippen molar-refractivity contribution in [2.24, 2.45) is 0 Å². The zero-order valence-corrected chi connectivity index (χ0v) is 14.8. The fraction of sp³-hybridized carbons (Fsp3) is 0.667. The largest absolute Gasteiger partial charge is 0.491 e. The van der Waals surface area contributed by atoms with Crippen LogP contribution in [0.15, 0.2) is 24.3 Å². The van der Waals surface area contributed by atoms with E-state index in [9.17, 15) is 5.11 Å². The number of ether oxygens (including phenoxy) is 1. The van der Waals surface area contributed by atoms with E-state index in [2.05, 4.69) is 37.8 Å². The van der Waals surface area contributed by atoms with Crippen LogP contribution >= 0.6 is 12.4 Å². The van der Waals surface area contributed by atoms with Gasteiger partial charge in [-0.05, 0) is 50.8 Å². The molecule has 0 aromatic heterocycles. The predicted molar refractivity (Wildman–Crippen MR) is 94.1 cm³/mol. The van der Waals surface area contributed by atoms with Gasteiger partial charge < -0.3 is 9.84 Å². The van der Waals surface area contributed by atoms with Crippen LogP contribution in [0.3, 0.4) is 0 Å². The summed E-state index contributed by atoms with van der Waals surface area (Å²) in [4.78, 5) is 2.41. The van der Waals surface area contributed by atoms with Gasteiger partial charge in [-0.15, -0.1) is 12.4 Å². The van der Waals surface area contributed by atoms with Crippen molar-refractivity contribution in [2.75, 3.05) is 13.2 Å². The lowest BCUT2D eigenvalue weighted by atomic mass is 9.97. The molecule has 3 atom stereocenters. The van der Waals surface area contributed by atoms with Crippen LogP contribution in [0.4, 0.5) is 0 Å². The molecule has 0 bridgehead atoms. The van der Waals surface area contributed by atoms with Crippen molar-refractivity contribution in [2.45, 2.75) is 64.6 Å². The van der Waals surface area contributed by atoms with Crippen LogP contribution < -0.4 is 4.74 Å². The molecule has 0 amide bonds. The number of benzene rings is 1. The van der Waals surface area contributed by atoms with E-state index in [4.69, 9.17) is 4.74 Å². The minimum absolute atomic E-state index is 0. The highest BCUT2D eigenvalue weighted by Crippen LogP contribution is 2.22. The maximum Gasteiger partial charge on any atom is 0.119 e. The lowest BCUT2D eigenvalue weighted by Crippen LogP contribution is -2.48. The average molecular weight is 328 g/mol. The van der Waals surface area contributed by atoms with Crippen molar-refractivity contribution in [3.8, 4) is 5.75 Å². The van der Waals surface area contributed by atoms with Gasteiger partial charge in [-0.2, -0.15) is 0 Å². The Labute approximate surface area is 141 Å². The van der Waals surface area contributed by atoms with E-state index in [-0.39, 0.29) is 12.4 Å². The van der Waals surface area contributed by atoms with Gasteiger partial charge in [0.05, 0.1) is 0 Å². The molecule has 0 aliphatic carbocycles. The predicted octanol–water partition coefficient (Wildman–Crippen LogP) is 3.67. The van der Waals surface area contributed by atoms with Crippen molar-refractivity contribution in [3.63, 3.8) is 0 Å². The van der Waals surface area contributed by atoms with E-state index in [1.807, 2.05) is 12.1 Å². The van der Waals surface area contributed by atoms with E-state index in [0.29, 0.717) is 25.2 Å². The van der Waals surface area contributed by atoms with Gasteiger partial charge in [0.25, 0.3) is 0 Å². The summed E-state index contributed by atoms with van der Waals surface area (Å²) in [5.74, 6) is 0.839. The van der Waals surface area contributed by atoms with Crippen molar-refractivity contribution in [1.29, 1.82) is 0 Å². The van der Waals surface area contributed by atoms with E-state index in [1.165, 1.54) is 24.8 Å². The molecule has 1 saturated heterocycles. The molecule has 0 saturated carbocycles. The summed E-state index contributed by atoms with van der Waals surface area (Å²) in [6.45, 7) is 7.72. The molecular formula is C18H30ClNO2. The minimum Gasteiger partial charge on any atom is -0.491 e. The van der Waals surface area contributed by atoms with Gasteiger partial charge in [-0.3, -0.25) is 4.90 Å². The number of nitrogens with zero attached hydrogens (tertiary/aromatic N) is 1. The zero-order valence-electron chi connectivity index (χ0n) is 14.0. The third-order valence-electron chi connectivity index (χ3n) is 4.57. The van der Waals surface area contributed by atoms with Gasteiger partial charge in [0.1, 0.15) is 18.5 Å². The number of hydrogen-bond acceptors (Lipinski definition) is 3. The smallest absolute Gasteiger partial charge is 0.119 e. The second-order valence-electron chi connectivity index (χ2n) is 6.29. The van der Waals surface area contributed by atoms with Gasteiger partial charge >= 0.3 is 0 Å². The number of likely N-dealkylation sites (tertiary alicyclic amines) is 1. The fourth-order valence-electron chi connectivity index (χ4n) is 3.14. The van der Waals surface area contributed by atoms with Crippen LogP contribution in [0.25, 0.3) is 0 Å². The van der Waals surface area contributed by atoms with Gasteiger partial charge in [0.2, 0.25) is 0 Å². The molecule has 1 fully saturated rings. The summed E-state index contributed by atoms with van der Waals surface area (Å²) >= 11 is 0. The Morgan fingerprint density at radius 2 is 1.77 bits per heavy atom. The molecular weight excluding hydrogens is 298 g/mol. The molecule has 1 aromatic rings. The average Bonchev–Trinajstić information content (AvgIpc) is 2.49. The first kappa shape index (κ1) is 19.3. The Morgan fingerprint density at radius 1 is 1.18 bits per heavy atom. The first-order chi connectivity index (χ1) is 10.1. The molecule has 4 heteroatoms. The van der Waals surface area contributed by atoms with Crippen molar-refractivity contribution >= 4 is 12.4 Å². The molecule has 126 valence electrons. The summed E-state index contributed by atoms with van der Waals surface area (Å²) in [5, 5.41) is 10.2. The summed E-state index contributed by atoms with van der Waals surface area (Å²) in [5.41, 5.74) is 1.30. The number of aliphatic hydroxyl groups is 1. The highest BCUT2D eigenvalue weighted by Gasteiger charge is 2.26. The maximum absolute atomic E-state index is 10.2. The van der Waals surface area contributed by atoms with Crippen LogP contribution in [-0.4, -0.2) is 41.3 Å². The Kier molecular flexibility index (Phi) is 8.23. The van der Waals surface area contributed by atoms with Crippen LogP contribution in [0, 0.1) is 0 Å². The summed E-state index contributed by atoms with van der Waals surface area (Å²) in [7, 11) is 0. The van der Waals surface area contributed by atoms with Crippen LogP contribution in [0.2, 0.25) is 0 Å². The number of halogens is 1. The molecule has 3 nitrogen and oxygen atoms in total. The summed E-state index contributed by atoms with van der Waals surface area (Å²) in [6.07, 6.45) is 4.37. The SMILES string of the molecule is CCc1ccc(OCC(O)CN2C(C)CCCC2C)cc1.Cl.